The maximum absolute atomic E-state index is 12.4. The number of benzene rings is 2. The van der Waals surface area contributed by atoms with Crippen molar-refractivity contribution in [2.75, 3.05) is 6.61 Å². The van der Waals surface area contributed by atoms with Crippen molar-refractivity contribution in [3.63, 3.8) is 0 Å². The molecule has 0 radical (unpaired) electrons. The fourth-order valence-corrected chi connectivity index (χ4v) is 3.88. The van der Waals surface area contributed by atoms with Gasteiger partial charge in [-0.25, -0.2) is 4.79 Å². The van der Waals surface area contributed by atoms with Crippen molar-refractivity contribution in [2.45, 2.75) is 24.9 Å². The second-order valence-corrected chi connectivity index (χ2v) is 7.42. The van der Waals surface area contributed by atoms with Crippen LogP contribution in [0.2, 0.25) is 0 Å². The SMILES string of the molecule is O=C(O)CC(NC(=O)OCC1c2ccccc2-c2ccccc21)C(=O)NCc1ccco1. The highest BCUT2D eigenvalue weighted by Crippen LogP contribution is 2.44. The van der Waals surface area contributed by atoms with Crippen LogP contribution < -0.4 is 10.6 Å². The summed E-state index contributed by atoms with van der Waals surface area (Å²) in [4.78, 5) is 36.0. The van der Waals surface area contributed by atoms with Crippen molar-refractivity contribution in [1.29, 1.82) is 0 Å². The van der Waals surface area contributed by atoms with E-state index in [4.69, 9.17) is 14.3 Å². The van der Waals surface area contributed by atoms with E-state index in [2.05, 4.69) is 10.6 Å². The van der Waals surface area contributed by atoms with Crippen LogP contribution in [0.25, 0.3) is 11.1 Å². The van der Waals surface area contributed by atoms with Gasteiger partial charge in [0.2, 0.25) is 5.91 Å². The molecule has 0 fully saturated rings. The van der Waals surface area contributed by atoms with Crippen molar-refractivity contribution in [3.05, 3.63) is 83.8 Å². The molecular weight excluding hydrogens is 412 g/mol. The summed E-state index contributed by atoms with van der Waals surface area (Å²) in [6.45, 7) is 0.141. The number of furan rings is 1. The molecule has 1 aromatic heterocycles. The zero-order valence-electron chi connectivity index (χ0n) is 17.1. The van der Waals surface area contributed by atoms with Gasteiger partial charge in [-0.2, -0.15) is 0 Å². The molecule has 0 bridgehead atoms. The zero-order chi connectivity index (χ0) is 22.5. The average molecular weight is 434 g/mol. The van der Waals surface area contributed by atoms with Crippen LogP contribution in [0.15, 0.2) is 71.3 Å². The molecule has 1 unspecified atom stereocenters. The van der Waals surface area contributed by atoms with Crippen molar-refractivity contribution in [3.8, 4) is 11.1 Å². The Morgan fingerprint density at radius 1 is 0.969 bits per heavy atom. The standard InChI is InChI=1S/C24H22N2O6/c27-22(28)12-21(23(29)25-13-15-6-5-11-31-15)26-24(30)32-14-20-18-9-3-1-7-16(18)17-8-2-4-10-19(17)20/h1-11,20-21H,12-14H2,(H,25,29)(H,26,30)(H,27,28). The maximum Gasteiger partial charge on any atom is 0.407 e. The van der Waals surface area contributed by atoms with E-state index in [1.54, 1.807) is 12.1 Å². The lowest BCUT2D eigenvalue weighted by Gasteiger charge is -2.18. The predicted molar refractivity (Wildman–Crippen MR) is 115 cm³/mol. The number of rotatable bonds is 8. The van der Waals surface area contributed by atoms with E-state index in [0.717, 1.165) is 22.3 Å². The number of hydrogen-bond acceptors (Lipinski definition) is 5. The maximum atomic E-state index is 12.4. The quantitative estimate of drug-likeness (QED) is 0.501. The lowest BCUT2D eigenvalue weighted by molar-refractivity contribution is -0.139. The number of carboxylic acids is 1. The summed E-state index contributed by atoms with van der Waals surface area (Å²) in [5.41, 5.74) is 4.30. The Morgan fingerprint density at radius 2 is 1.62 bits per heavy atom. The summed E-state index contributed by atoms with van der Waals surface area (Å²) >= 11 is 0. The van der Waals surface area contributed by atoms with Gasteiger partial charge in [0.1, 0.15) is 18.4 Å². The van der Waals surface area contributed by atoms with E-state index in [-0.39, 0.29) is 19.1 Å². The number of aliphatic carboxylic acids is 1. The minimum atomic E-state index is -1.28. The molecule has 1 atom stereocenters. The Kier molecular flexibility index (Phi) is 6.21. The van der Waals surface area contributed by atoms with Crippen molar-refractivity contribution in [1.82, 2.24) is 10.6 Å². The van der Waals surface area contributed by atoms with Gasteiger partial charge in [0.25, 0.3) is 0 Å². The van der Waals surface area contributed by atoms with E-state index in [1.807, 2.05) is 48.5 Å². The first-order chi connectivity index (χ1) is 15.5. The first-order valence-corrected chi connectivity index (χ1v) is 10.2. The highest BCUT2D eigenvalue weighted by atomic mass is 16.5. The molecule has 32 heavy (non-hydrogen) atoms. The van der Waals surface area contributed by atoms with Gasteiger partial charge in [-0.1, -0.05) is 48.5 Å². The monoisotopic (exact) mass is 434 g/mol. The van der Waals surface area contributed by atoms with Gasteiger partial charge in [0, 0.05) is 5.92 Å². The molecule has 8 nitrogen and oxygen atoms in total. The van der Waals surface area contributed by atoms with E-state index >= 15 is 0 Å². The number of carbonyl (C=O) groups excluding carboxylic acids is 2. The van der Waals surface area contributed by atoms with Gasteiger partial charge in [0.05, 0.1) is 19.2 Å². The molecule has 4 rings (SSSR count). The van der Waals surface area contributed by atoms with Crippen LogP contribution in [-0.2, 0) is 20.9 Å². The summed E-state index contributed by atoms with van der Waals surface area (Å²) in [6.07, 6.45) is 0.0329. The van der Waals surface area contributed by atoms with Crippen molar-refractivity contribution in [2.24, 2.45) is 0 Å². The normalized spacial score (nSPS) is 13.0. The highest BCUT2D eigenvalue weighted by Gasteiger charge is 2.30. The summed E-state index contributed by atoms with van der Waals surface area (Å²) < 4.78 is 10.5. The molecule has 0 aliphatic heterocycles. The third kappa shape index (κ3) is 4.64. The number of carbonyl (C=O) groups is 3. The van der Waals surface area contributed by atoms with E-state index in [9.17, 15) is 14.4 Å². The Balaban J connectivity index is 1.39. The molecule has 1 aliphatic carbocycles. The van der Waals surface area contributed by atoms with Crippen LogP contribution in [0.5, 0.6) is 0 Å². The summed E-state index contributed by atoms with van der Waals surface area (Å²) in [6, 6.07) is 17.9. The molecular formula is C24H22N2O6. The van der Waals surface area contributed by atoms with Crippen LogP contribution in [0.1, 0.15) is 29.2 Å². The van der Waals surface area contributed by atoms with Gasteiger partial charge < -0.3 is 24.9 Å². The zero-order valence-corrected chi connectivity index (χ0v) is 17.1. The predicted octanol–water partition coefficient (Wildman–Crippen LogP) is 3.28. The van der Waals surface area contributed by atoms with Gasteiger partial charge in [-0.05, 0) is 34.4 Å². The number of hydrogen-bond donors (Lipinski definition) is 3. The molecule has 3 N–H and O–H groups in total. The molecule has 1 heterocycles. The topological polar surface area (TPSA) is 118 Å². The van der Waals surface area contributed by atoms with Crippen LogP contribution in [-0.4, -0.2) is 35.7 Å². The third-order valence-corrected chi connectivity index (χ3v) is 5.35. The lowest BCUT2D eigenvalue weighted by atomic mass is 9.98. The van der Waals surface area contributed by atoms with E-state index in [1.165, 1.54) is 6.26 Å². The van der Waals surface area contributed by atoms with Crippen LogP contribution in [0, 0.1) is 0 Å². The van der Waals surface area contributed by atoms with Crippen LogP contribution in [0.4, 0.5) is 4.79 Å². The highest BCUT2D eigenvalue weighted by molar-refractivity contribution is 5.89. The lowest BCUT2D eigenvalue weighted by Crippen LogP contribution is -2.48. The summed E-state index contributed by atoms with van der Waals surface area (Å²) in [5.74, 6) is -1.49. The number of amides is 2. The fourth-order valence-electron chi connectivity index (χ4n) is 3.88. The second-order valence-electron chi connectivity index (χ2n) is 7.42. The summed E-state index contributed by atoms with van der Waals surface area (Å²) in [5, 5.41) is 14.0. The number of nitrogens with one attached hydrogen (secondary N) is 2. The summed E-state index contributed by atoms with van der Waals surface area (Å²) in [7, 11) is 0. The van der Waals surface area contributed by atoms with E-state index in [0.29, 0.717) is 5.76 Å². The van der Waals surface area contributed by atoms with Crippen LogP contribution >= 0.6 is 0 Å². The number of fused-ring (bicyclic) bond motifs is 3. The van der Waals surface area contributed by atoms with Crippen molar-refractivity contribution >= 4 is 18.0 Å². The van der Waals surface area contributed by atoms with E-state index < -0.39 is 30.4 Å². The molecule has 1 aliphatic rings. The molecule has 164 valence electrons. The average Bonchev–Trinajstić information content (AvgIpc) is 3.41. The first-order valence-electron chi connectivity index (χ1n) is 10.2. The Hall–Kier alpha value is -4.07. The van der Waals surface area contributed by atoms with Gasteiger partial charge in [-0.3, -0.25) is 9.59 Å². The minimum Gasteiger partial charge on any atom is -0.481 e. The fraction of sp³-hybridized carbons (Fsp3) is 0.208. The Morgan fingerprint density at radius 3 is 2.22 bits per heavy atom. The molecule has 8 heteroatoms. The Bertz CT molecular complexity index is 1080. The van der Waals surface area contributed by atoms with Gasteiger partial charge >= 0.3 is 12.1 Å². The molecule has 2 amide bonds. The molecule has 0 spiro atoms. The minimum absolute atomic E-state index is 0.0632. The smallest absolute Gasteiger partial charge is 0.407 e. The molecule has 0 saturated carbocycles. The largest absolute Gasteiger partial charge is 0.481 e. The number of alkyl carbamates (subject to hydrolysis) is 1. The van der Waals surface area contributed by atoms with Crippen molar-refractivity contribution < 1.29 is 28.6 Å². The number of ether oxygens (including phenoxy) is 1. The van der Waals surface area contributed by atoms with Crippen LogP contribution in [0.3, 0.4) is 0 Å². The third-order valence-electron chi connectivity index (χ3n) is 5.35. The van der Waals surface area contributed by atoms with Gasteiger partial charge in [-0.15, -0.1) is 0 Å². The molecule has 0 saturated heterocycles. The second kappa shape index (κ2) is 9.38. The Labute approximate surface area is 184 Å². The molecule has 2 aromatic carbocycles. The van der Waals surface area contributed by atoms with Gasteiger partial charge in [0.15, 0.2) is 0 Å². The first kappa shape index (κ1) is 21.2. The molecule has 3 aromatic rings. The number of carboxylic acid groups (broad SMARTS) is 1.